The Morgan fingerprint density at radius 3 is 2.48 bits per heavy atom. The Morgan fingerprint density at radius 1 is 1.04 bits per heavy atom. The molecule has 0 aliphatic heterocycles. The highest BCUT2D eigenvalue weighted by Gasteiger charge is 2.31. The molecule has 0 amide bonds. The first-order chi connectivity index (χ1) is 12.1. The van der Waals surface area contributed by atoms with E-state index in [2.05, 4.69) is 4.98 Å². The van der Waals surface area contributed by atoms with Gasteiger partial charge in [0, 0.05) is 11.6 Å². The van der Waals surface area contributed by atoms with Crippen molar-refractivity contribution in [2.45, 2.75) is 57.1 Å². The highest BCUT2D eigenvalue weighted by molar-refractivity contribution is 5.28. The van der Waals surface area contributed by atoms with Crippen LogP contribution in [-0.4, -0.2) is 9.55 Å². The van der Waals surface area contributed by atoms with E-state index in [0.29, 0.717) is 29.8 Å². The second-order valence-corrected chi connectivity index (χ2v) is 6.89. The van der Waals surface area contributed by atoms with Crippen LogP contribution in [-0.2, 0) is 6.42 Å². The summed E-state index contributed by atoms with van der Waals surface area (Å²) >= 11 is 0. The maximum Gasteiger partial charge on any atom is 0.328 e. The molecule has 132 valence electrons. The molecule has 1 N–H and O–H groups in total. The van der Waals surface area contributed by atoms with Gasteiger partial charge in [0.25, 0.3) is 5.56 Å². The van der Waals surface area contributed by atoms with Gasteiger partial charge in [-0.05, 0) is 49.9 Å². The Balaban J connectivity index is 1.65. The predicted octanol–water partition coefficient (Wildman–Crippen LogP) is 3.25. The van der Waals surface area contributed by atoms with Gasteiger partial charge in [-0.2, -0.15) is 0 Å². The van der Waals surface area contributed by atoms with Crippen LogP contribution in [0.1, 0.15) is 61.9 Å². The van der Waals surface area contributed by atoms with Gasteiger partial charge >= 0.3 is 5.69 Å². The van der Waals surface area contributed by atoms with Crippen molar-refractivity contribution < 1.29 is 9.13 Å². The molecule has 1 unspecified atom stereocenters. The number of aromatic amines is 1. The maximum atomic E-state index is 13.0. The van der Waals surface area contributed by atoms with Gasteiger partial charge in [0.2, 0.25) is 0 Å². The second kappa shape index (κ2) is 6.50. The average Bonchev–Trinajstić information content (AvgIpc) is 3.01. The van der Waals surface area contributed by atoms with Crippen molar-refractivity contribution in [2.75, 3.05) is 0 Å². The summed E-state index contributed by atoms with van der Waals surface area (Å²) in [5, 5.41) is 0. The molecule has 0 bridgehead atoms. The molecule has 1 heterocycles. The molecule has 25 heavy (non-hydrogen) atoms. The number of rotatable bonds is 3. The summed E-state index contributed by atoms with van der Waals surface area (Å²) < 4.78 is 20.3. The minimum Gasteiger partial charge on any atom is -0.484 e. The van der Waals surface area contributed by atoms with Crippen molar-refractivity contribution >= 4 is 0 Å². The van der Waals surface area contributed by atoms with E-state index in [1.54, 1.807) is 12.1 Å². The van der Waals surface area contributed by atoms with Crippen molar-refractivity contribution in [1.82, 2.24) is 9.55 Å². The quantitative estimate of drug-likeness (QED) is 0.930. The van der Waals surface area contributed by atoms with Crippen LogP contribution in [0, 0.1) is 5.82 Å². The van der Waals surface area contributed by atoms with E-state index in [4.69, 9.17) is 4.74 Å². The lowest BCUT2D eigenvalue weighted by Gasteiger charge is -2.23. The fraction of sp³-hybridized carbons (Fsp3) is 0.474. The van der Waals surface area contributed by atoms with E-state index in [-0.39, 0.29) is 29.2 Å². The summed E-state index contributed by atoms with van der Waals surface area (Å²) in [5.41, 5.74) is 0.713. The molecule has 0 spiro atoms. The van der Waals surface area contributed by atoms with Crippen LogP contribution < -0.4 is 16.0 Å². The summed E-state index contributed by atoms with van der Waals surface area (Å²) in [5.74, 6) is 0.194. The lowest BCUT2D eigenvalue weighted by molar-refractivity contribution is 0.202. The Kier molecular flexibility index (Phi) is 4.19. The molecule has 2 aliphatic rings. The van der Waals surface area contributed by atoms with Crippen LogP contribution in [0.25, 0.3) is 0 Å². The van der Waals surface area contributed by atoms with Gasteiger partial charge in [-0.3, -0.25) is 9.36 Å². The molecule has 5 nitrogen and oxygen atoms in total. The zero-order valence-corrected chi connectivity index (χ0v) is 14.0. The molecule has 1 aromatic carbocycles. The number of hydrogen-bond donors (Lipinski definition) is 1. The molecule has 0 saturated heterocycles. The number of ether oxygens (including phenoxy) is 1. The number of nitrogens with zero attached hydrogens (tertiary/aromatic N) is 1. The number of H-pyrrole nitrogens is 1. The van der Waals surface area contributed by atoms with Crippen molar-refractivity contribution in [3.63, 3.8) is 0 Å². The van der Waals surface area contributed by atoms with E-state index < -0.39 is 0 Å². The molecule has 1 saturated carbocycles. The SMILES string of the molecule is O=c1[nH]c2c(c(=O)n1C1CCCCC1)CCC2Oc1ccc(F)cc1. The van der Waals surface area contributed by atoms with Crippen molar-refractivity contribution in [3.05, 3.63) is 62.2 Å². The first-order valence-electron chi connectivity index (χ1n) is 8.93. The predicted molar refractivity (Wildman–Crippen MR) is 91.5 cm³/mol. The van der Waals surface area contributed by atoms with Gasteiger partial charge in [-0.1, -0.05) is 19.3 Å². The van der Waals surface area contributed by atoms with Gasteiger partial charge in [0.15, 0.2) is 0 Å². The minimum atomic E-state index is -0.373. The van der Waals surface area contributed by atoms with Crippen molar-refractivity contribution in [3.8, 4) is 5.75 Å². The molecule has 2 aromatic rings. The Bertz CT molecular complexity index is 879. The number of halogens is 1. The van der Waals surface area contributed by atoms with Crippen LogP contribution >= 0.6 is 0 Å². The van der Waals surface area contributed by atoms with Gasteiger partial charge in [-0.15, -0.1) is 0 Å². The van der Waals surface area contributed by atoms with Crippen LogP contribution in [0.2, 0.25) is 0 Å². The van der Waals surface area contributed by atoms with E-state index >= 15 is 0 Å². The van der Waals surface area contributed by atoms with Gasteiger partial charge in [-0.25, -0.2) is 9.18 Å². The summed E-state index contributed by atoms with van der Waals surface area (Å²) in [7, 11) is 0. The Morgan fingerprint density at radius 2 is 1.76 bits per heavy atom. The smallest absolute Gasteiger partial charge is 0.328 e. The van der Waals surface area contributed by atoms with Crippen LogP contribution in [0.5, 0.6) is 5.75 Å². The fourth-order valence-corrected chi connectivity index (χ4v) is 4.01. The van der Waals surface area contributed by atoms with E-state index in [1.165, 1.54) is 23.1 Å². The summed E-state index contributed by atoms with van der Waals surface area (Å²) in [6, 6.07) is 5.76. The van der Waals surface area contributed by atoms with Gasteiger partial charge < -0.3 is 9.72 Å². The third-order valence-electron chi connectivity index (χ3n) is 5.27. The lowest BCUT2D eigenvalue weighted by Crippen LogP contribution is -2.41. The number of aromatic nitrogens is 2. The summed E-state index contributed by atoms with van der Waals surface area (Å²) in [6.07, 6.45) is 5.90. The van der Waals surface area contributed by atoms with Crippen LogP contribution in [0.4, 0.5) is 4.39 Å². The standard InChI is InChI=1S/C19H21FN2O3/c20-12-6-8-14(9-7-12)25-16-11-10-15-17(16)21-19(24)22(18(15)23)13-4-2-1-3-5-13/h6-9,13,16H,1-5,10-11H2,(H,21,24). The lowest BCUT2D eigenvalue weighted by atomic mass is 9.95. The molecular formula is C19H21FN2O3. The molecule has 1 fully saturated rings. The van der Waals surface area contributed by atoms with Gasteiger partial charge in [0.1, 0.15) is 17.7 Å². The maximum absolute atomic E-state index is 13.0. The number of hydrogen-bond acceptors (Lipinski definition) is 3. The normalized spacial score (nSPS) is 20.4. The molecular weight excluding hydrogens is 323 g/mol. The third kappa shape index (κ3) is 3.01. The molecule has 1 aromatic heterocycles. The number of nitrogens with one attached hydrogen (secondary N) is 1. The molecule has 2 aliphatic carbocycles. The van der Waals surface area contributed by atoms with Crippen LogP contribution in [0.3, 0.4) is 0 Å². The summed E-state index contributed by atoms with van der Waals surface area (Å²) in [4.78, 5) is 28.3. The minimum absolute atomic E-state index is 0.00682. The number of fused-ring (bicyclic) bond motifs is 1. The van der Waals surface area contributed by atoms with E-state index in [9.17, 15) is 14.0 Å². The van der Waals surface area contributed by atoms with Crippen molar-refractivity contribution in [2.24, 2.45) is 0 Å². The van der Waals surface area contributed by atoms with Gasteiger partial charge in [0.05, 0.1) is 5.69 Å². The molecule has 4 rings (SSSR count). The monoisotopic (exact) mass is 344 g/mol. The Hall–Kier alpha value is -2.37. The molecule has 1 atom stereocenters. The number of benzene rings is 1. The Labute approximate surface area is 144 Å². The highest BCUT2D eigenvalue weighted by Crippen LogP contribution is 2.32. The van der Waals surface area contributed by atoms with E-state index in [0.717, 1.165) is 25.7 Å². The first kappa shape index (κ1) is 16.1. The topological polar surface area (TPSA) is 64.1 Å². The van der Waals surface area contributed by atoms with E-state index in [1.807, 2.05) is 0 Å². The zero-order valence-electron chi connectivity index (χ0n) is 14.0. The van der Waals surface area contributed by atoms with Crippen molar-refractivity contribution in [1.29, 1.82) is 0 Å². The summed E-state index contributed by atoms with van der Waals surface area (Å²) in [6.45, 7) is 0. The molecule has 6 heteroatoms. The highest BCUT2D eigenvalue weighted by atomic mass is 19.1. The zero-order chi connectivity index (χ0) is 17.4. The second-order valence-electron chi connectivity index (χ2n) is 6.89. The van der Waals surface area contributed by atoms with Crippen LogP contribution in [0.15, 0.2) is 33.9 Å². The average molecular weight is 344 g/mol. The largest absolute Gasteiger partial charge is 0.484 e. The third-order valence-corrected chi connectivity index (χ3v) is 5.27. The molecule has 0 radical (unpaired) electrons. The first-order valence-corrected chi connectivity index (χ1v) is 8.93. The fourth-order valence-electron chi connectivity index (χ4n) is 4.01.